The maximum absolute atomic E-state index is 11.2. The average molecular weight is 265 g/mol. The molecule has 8 nitrogen and oxygen atoms in total. The molecule has 0 unspecified atom stereocenters. The number of ether oxygens (including phenoxy) is 1. The number of hydrogen-bond acceptors (Lipinski definition) is 6. The van der Waals surface area contributed by atoms with Crippen molar-refractivity contribution in [2.75, 3.05) is 6.61 Å². The monoisotopic (exact) mass is 265 g/mol. The molecule has 1 aromatic rings. The van der Waals surface area contributed by atoms with Crippen LogP contribution >= 0.6 is 0 Å². The van der Waals surface area contributed by atoms with Crippen LogP contribution in [0.25, 0.3) is 0 Å². The zero-order chi connectivity index (χ0) is 14.0. The fraction of sp³-hybridized carbons (Fsp3) is 0.273. The molecule has 1 amide bonds. The van der Waals surface area contributed by atoms with Gasteiger partial charge in [0.15, 0.2) is 6.04 Å². The molecule has 0 saturated heterocycles. The Bertz CT molecular complexity index is 569. The summed E-state index contributed by atoms with van der Waals surface area (Å²) in [7, 11) is 0. The Kier molecular flexibility index (Phi) is 3.43. The van der Waals surface area contributed by atoms with E-state index in [1.807, 2.05) is 0 Å². The molecule has 1 aliphatic rings. The smallest absolute Gasteiger partial charge is 0.273 e. The van der Waals surface area contributed by atoms with Crippen LogP contribution in [0.3, 0.4) is 0 Å². The number of benzene rings is 1. The number of carbonyl (C=O) groups is 1. The van der Waals surface area contributed by atoms with Crippen molar-refractivity contribution in [1.29, 1.82) is 0 Å². The molecule has 100 valence electrons. The second kappa shape index (κ2) is 5.02. The van der Waals surface area contributed by atoms with Gasteiger partial charge in [0.25, 0.3) is 11.6 Å². The molecule has 1 aromatic carbocycles. The fourth-order valence-corrected chi connectivity index (χ4v) is 1.68. The second-order valence-electron chi connectivity index (χ2n) is 4.00. The quantitative estimate of drug-likeness (QED) is 0.470. The highest BCUT2D eigenvalue weighted by molar-refractivity contribution is 5.98. The van der Waals surface area contributed by atoms with Gasteiger partial charge in [-0.3, -0.25) is 20.1 Å². The summed E-state index contributed by atoms with van der Waals surface area (Å²) in [5.41, 5.74) is 2.39. The first-order valence-corrected chi connectivity index (χ1v) is 5.43. The maximum atomic E-state index is 11.2. The molecule has 19 heavy (non-hydrogen) atoms. The number of aryl methyl sites for hydroxylation is 1. The van der Waals surface area contributed by atoms with Crippen LogP contribution in [0.5, 0.6) is 0 Å². The van der Waals surface area contributed by atoms with Crippen LogP contribution < -0.4 is 5.48 Å². The highest BCUT2D eigenvalue weighted by Gasteiger charge is 2.27. The normalized spacial score (nSPS) is 17.6. The molecule has 0 fully saturated rings. The molecule has 0 saturated carbocycles. The Morgan fingerprint density at radius 1 is 1.63 bits per heavy atom. The van der Waals surface area contributed by atoms with E-state index in [0.717, 1.165) is 0 Å². The zero-order valence-corrected chi connectivity index (χ0v) is 9.99. The Morgan fingerprint density at radius 2 is 2.37 bits per heavy atom. The summed E-state index contributed by atoms with van der Waals surface area (Å²) in [6.45, 7) is 1.62. The van der Waals surface area contributed by atoms with E-state index in [-0.39, 0.29) is 18.2 Å². The number of carbonyl (C=O) groups excluding carboxylic acids is 1. The van der Waals surface area contributed by atoms with Crippen LogP contribution in [0.2, 0.25) is 0 Å². The summed E-state index contributed by atoms with van der Waals surface area (Å²) >= 11 is 0. The highest BCUT2D eigenvalue weighted by atomic mass is 16.6. The first kappa shape index (κ1) is 13.0. The molecule has 8 heteroatoms. The standard InChI is InChI=1S/C11H11N3O5/c1-6-2-3-7(4-9(6)14(17)18)11-12-8(5-19-11)10(15)13-16/h2-4,8,16H,5H2,1H3,(H,13,15)/t8-/m1/s1. The summed E-state index contributed by atoms with van der Waals surface area (Å²) in [5.74, 6) is -0.534. The summed E-state index contributed by atoms with van der Waals surface area (Å²) < 4.78 is 5.20. The van der Waals surface area contributed by atoms with E-state index in [1.165, 1.54) is 11.5 Å². The lowest BCUT2D eigenvalue weighted by Crippen LogP contribution is -2.31. The highest BCUT2D eigenvalue weighted by Crippen LogP contribution is 2.21. The van der Waals surface area contributed by atoms with Gasteiger partial charge in [-0.05, 0) is 13.0 Å². The van der Waals surface area contributed by atoms with E-state index >= 15 is 0 Å². The number of aliphatic imine (C=N–C) groups is 1. The number of nitro benzene ring substituents is 1. The first-order chi connectivity index (χ1) is 9.02. The molecule has 0 bridgehead atoms. The van der Waals surface area contributed by atoms with Crippen molar-refractivity contribution in [1.82, 2.24) is 5.48 Å². The average Bonchev–Trinajstić information content (AvgIpc) is 2.87. The van der Waals surface area contributed by atoms with E-state index in [9.17, 15) is 14.9 Å². The molecule has 0 spiro atoms. The number of nitro groups is 1. The van der Waals surface area contributed by atoms with Crippen LogP contribution in [-0.2, 0) is 9.53 Å². The van der Waals surface area contributed by atoms with Gasteiger partial charge in [-0.1, -0.05) is 6.07 Å². The molecule has 2 N–H and O–H groups in total. The third-order valence-corrected chi connectivity index (χ3v) is 2.72. The lowest BCUT2D eigenvalue weighted by atomic mass is 10.1. The minimum Gasteiger partial charge on any atom is -0.475 e. The summed E-state index contributed by atoms with van der Waals surface area (Å²) in [5, 5.41) is 19.3. The van der Waals surface area contributed by atoms with Crippen molar-refractivity contribution in [2.24, 2.45) is 4.99 Å². The van der Waals surface area contributed by atoms with Crippen LogP contribution in [0.4, 0.5) is 5.69 Å². The van der Waals surface area contributed by atoms with Crippen molar-refractivity contribution >= 4 is 17.5 Å². The number of nitrogens with one attached hydrogen (secondary N) is 1. The van der Waals surface area contributed by atoms with E-state index in [0.29, 0.717) is 11.1 Å². The van der Waals surface area contributed by atoms with Crippen LogP contribution in [-0.4, -0.2) is 34.6 Å². The third kappa shape index (κ3) is 2.52. The Balaban J connectivity index is 2.31. The van der Waals surface area contributed by atoms with Crippen molar-refractivity contribution in [3.63, 3.8) is 0 Å². The molecule has 1 heterocycles. The molecular weight excluding hydrogens is 254 g/mol. The SMILES string of the molecule is Cc1ccc(C2=N[C@@H](C(=O)NO)CO2)cc1[N+](=O)[O-]. The van der Waals surface area contributed by atoms with Crippen molar-refractivity contribution in [2.45, 2.75) is 13.0 Å². The summed E-state index contributed by atoms with van der Waals surface area (Å²) in [6, 6.07) is 3.70. The van der Waals surface area contributed by atoms with Crippen LogP contribution in [0, 0.1) is 17.0 Å². The molecule has 1 atom stereocenters. The first-order valence-electron chi connectivity index (χ1n) is 5.43. The van der Waals surface area contributed by atoms with E-state index in [1.54, 1.807) is 19.1 Å². The van der Waals surface area contributed by atoms with Gasteiger partial charge in [0.1, 0.15) is 6.61 Å². The molecule has 0 radical (unpaired) electrons. The second-order valence-corrected chi connectivity index (χ2v) is 4.00. The van der Waals surface area contributed by atoms with E-state index < -0.39 is 16.9 Å². The minimum absolute atomic E-state index is 0.0105. The zero-order valence-electron chi connectivity index (χ0n) is 9.99. The number of amides is 1. The number of rotatable bonds is 3. The number of nitrogens with zero attached hydrogens (tertiary/aromatic N) is 2. The van der Waals surface area contributed by atoms with Gasteiger partial charge in [-0.25, -0.2) is 10.5 Å². The van der Waals surface area contributed by atoms with Crippen LogP contribution in [0.15, 0.2) is 23.2 Å². The lowest BCUT2D eigenvalue weighted by molar-refractivity contribution is -0.385. The Morgan fingerprint density at radius 3 is 3.00 bits per heavy atom. The predicted octanol–water partition coefficient (Wildman–Crippen LogP) is 0.554. The van der Waals surface area contributed by atoms with E-state index in [4.69, 9.17) is 9.94 Å². The van der Waals surface area contributed by atoms with Crippen molar-refractivity contribution < 1.29 is 19.7 Å². The minimum atomic E-state index is -0.847. The number of hydroxylamine groups is 1. The van der Waals surface area contributed by atoms with Gasteiger partial charge in [0.05, 0.1) is 4.92 Å². The van der Waals surface area contributed by atoms with Crippen molar-refractivity contribution in [3.8, 4) is 0 Å². The van der Waals surface area contributed by atoms with Crippen molar-refractivity contribution in [3.05, 3.63) is 39.4 Å². The number of hydrogen-bond donors (Lipinski definition) is 2. The van der Waals surface area contributed by atoms with Gasteiger partial charge < -0.3 is 4.74 Å². The predicted molar refractivity (Wildman–Crippen MR) is 64.0 cm³/mol. The van der Waals surface area contributed by atoms with Gasteiger partial charge in [0.2, 0.25) is 5.90 Å². The molecular formula is C11H11N3O5. The van der Waals surface area contributed by atoms with Crippen LogP contribution in [0.1, 0.15) is 11.1 Å². The molecule has 0 aliphatic carbocycles. The molecule has 0 aromatic heterocycles. The largest absolute Gasteiger partial charge is 0.475 e. The lowest BCUT2D eigenvalue weighted by Gasteiger charge is -2.02. The molecule has 2 rings (SSSR count). The Labute approximate surface area is 107 Å². The van der Waals surface area contributed by atoms with Gasteiger partial charge in [-0.15, -0.1) is 0 Å². The third-order valence-electron chi connectivity index (χ3n) is 2.72. The van der Waals surface area contributed by atoms with Gasteiger partial charge >= 0.3 is 0 Å². The Hall–Kier alpha value is -2.48. The van der Waals surface area contributed by atoms with Gasteiger partial charge in [0, 0.05) is 17.2 Å². The summed E-state index contributed by atoms with van der Waals surface area (Å²) in [6.07, 6.45) is 0. The molecule has 1 aliphatic heterocycles. The van der Waals surface area contributed by atoms with Gasteiger partial charge in [-0.2, -0.15) is 0 Å². The summed E-state index contributed by atoms with van der Waals surface area (Å²) in [4.78, 5) is 25.5. The maximum Gasteiger partial charge on any atom is 0.273 e. The topological polar surface area (TPSA) is 114 Å². The fourth-order valence-electron chi connectivity index (χ4n) is 1.68. The van der Waals surface area contributed by atoms with E-state index in [2.05, 4.69) is 4.99 Å².